The van der Waals surface area contributed by atoms with Gasteiger partial charge in [-0.25, -0.2) is 0 Å². The van der Waals surface area contributed by atoms with Gasteiger partial charge in [-0.2, -0.15) is 0 Å². The van der Waals surface area contributed by atoms with Gasteiger partial charge in [0.2, 0.25) is 5.91 Å². The van der Waals surface area contributed by atoms with E-state index in [0.29, 0.717) is 12.8 Å². The van der Waals surface area contributed by atoms with Crippen LogP contribution in [0.1, 0.15) is 252 Å². The second-order valence-corrected chi connectivity index (χ2v) is 21.8. The van der Waals surface area contributed by atoms with Gasteiger partial charge in [-0.15, -0.1) is 0 Å². The summed E-state index contributed by atoms with van der Waals surface area (Å²) in [7, 11) is 0. The van der Waals surface area contributed by atoms with Crippen LogP contribution in [0.4, 0.5) is 0 Å². The van der Waals surface area contributed by atoms with Crippen LogP contribution in [0.2, 0.25) is 0 Å². The quantitative estimate of drug-likeness (QED) is 0.0149. The van der Waals surface area contributed by atoms with E-state index in [2.05, 4.69) is 105 Å². The second kappa shape index (κ2) is 55.8. The fourth-order valence-corrected chi connectivity index (χ4v) is 9.44. The zero-order chi connectivity index (χ0) is 58.2. The van der Waals surface area contributed by atoms with E-state index in [4.69, 9.17) is 14.2 Å². The first-order chi connectivity index (χ1) is 39.2. The van der Waals surface area contributed by atoms with Gasteiger partial charge in [0, 0.05) is 6.42 Å². The molecule has 0 aromatic carbocycles. The van der Waals surface area contributed by atoms with Gasteiger partial charge >= 0.3 is 5.97 Å². The monoisotopic (exact) mass is 1120 g/mol. The van der Waals surface area contributed by atoms with E-state index >= 15 is 0 Å². The zero-order valence-corrected chi connectivity index (χ0v) is 50.7. The van der Waals surface area contributed by atoms with E-state index in [0.717, 1.165) is 116 Å². The fourth-order valence-electron chi connectivity index (χ4n) is 9.44. The van der Waals surface area contributed by atoms with Gasteiger partial charge in [0.1, 0.15) is 24.4 Å². The lowest BCUT2D eigenvalue weighted by atomic mass is 9.99. The van der Waals surface area contributed by atoms with E-state index in [1.807, 2.05) is 24.3 Å². The Morgan fingerprint density at radius 2 is 0.963 bits per heavy atom. The number of ether oxygens (including phenoxy) is 3. The average molecular weight is 1120 g/mol. The third kappa shape index (κ3) is 43.1. The number of aliphatic hydroxyl groups is 5. The maximum Gasteiger partial charge on any atom is 0.306 e. The SMILES string of the molecule is CC/C=C\C/C=C\C/C=C\C/C=C\C/C=C\CCCCCCCCCCCCC(O)C(=O)NC(COC1OC(CO)C(O)C(O)C1OC(=O)CCCCCCC\C=C/C=C/C=C/CC)C(O)/C=C/CCCCCCCCCCCC. The lowest BCUT2D eigenvalue weighted by Crippen LogP contribution is -2.61. The van der Waals surface area contributed by atoms with Gasteiger partial charge < -0.3 is 45.1 Å². The predicted octanol–water partition coefficient (Wildman–Crippen LogP) is 15.7. The molecule has 1 aliphatic rings. The minimum atomic E-state index is -1.63. The van der Waals surface area contributed by atoms with Crippen molar-refractivity contribution in [3.8, 4) is 0 Å². The molecule has 1 heterocycles. The third-order valence-electron chi connectivity index (χ3n) is 14.5. The Kier molecular flexibility index (Phi) is 51.9. The number of allylic oxidation sites excluding steroid dienone is 17. The minimum Gasteiger partial charge on any atom is -0.454 e. The molecule has 1 rings (SSSR count). The molecule has 1 aliphatic heterocycles. The summed E-state index contributed by atoms with van der Waals surface area (Å²) in [6.45, 7) is 5.52. The molecule has 0 aromatic heterocycles. The van der Waals surface area contributed by atoms with Crippen LogP contribution in [0.25, 0.3) is 0 Å². The lowest BCUT2D eigenvalue weighted by Gasteiger charge is -2.41. The summed E-state index contributed by atoms with van der Waals surface area (Å²) in [5.41, 5.74) is 0. The van der Waals surface area contributed by atoms with Crippen LogP contribution in [0.3, 0.4) is 0 Å². The van der Waals surface area contributed by atoms with Crippen LogP contribution in [-0.2, 0) is 23.8 Å². The number of carbonyl (C=O) groups is 2. The number of rotatable bonds is 53. The topological polar surface area (TPSA) is 175 Å². The Labute approximate surface area is 488 Å². The molecule has 0 aromatic rings. The average Bonchev–Trinajstić information content (AvgIpc) is 3.51. The van der Waals surface area contributed by atoms with Crippen LogP contribution < -0.4 is 5.32 Å². The van der Waals surface area contributed by atoms with Crippen molar-refractivity contribution >= 4 is 11.9 Å². The van der Waals surface area contributed by atoms with E-state index in [-0.39, 0.29) is 19.4 Å². The number of unbranched alkanes of at least 4 members (excludes halogenated alkanes) is 25. The van der Waals surface area contributed by atoms with E-state index < -0.39 is 67.4 Å². The molecule has 0 saturated carbocycles. The molecule has 8 atom stereocenters. The molecule has 0 aliphatic carbocycles. The number of hydrogen-bond acceptors (Lipinski definition) is 10. The summed E-state index contributed by atoms with van der Waals surface area (Å²) in [6.07, 6.45) is 65.6. The van der Waals surface area contributed by atoms with Crippen molar-refractivity contribution in [3.05, 3.63) is 109 Å². The molecule has 458 valence electrons. The normalized spacial score (nSPS) is 19.5. The molecule has 6 N–H and O–H groups in total. The van der Waals surface area contributed by atoms with Gasteiger partial charge in [-0.3, -0.25) is 9.59 Å². The summed E-state index contributed by atoms with van der Waals surface area (Å²) in [5.74, 6) is -1.22. The fraction of sp³-hybridized carbons (Fsp3) is 0.710. The number of amides is 1. The van der Waals surface area contributed by atoms with Crippen molar-refractivity contribution in [3.63, 3.8) is 0 Å². The van der Waals surface area contributed by atoms with Gasteiger partial charge in [0.15, 0.2) is 12.4 Å². The van der Waals surface area contributed by atoms with Crippen LogP contribution in [0.15, 0.2) is 109 Å². The zero-order valence-electron chi connectivity index (χ0n) is 50.7. The van der Waals surface area contributed by atoms with E-state index in [1.54, 1.807) is 6.08 Å². The highest BCUT2D eigenvalue weighted by Crippen LogP contribution is 2.26. The Morgan fingerprint density at radius 1 is 0.512 bits per heavy atom. The molecular formula is C69H117NO10. The Balaban J connectivity index is 2.61. The molecule has 80 heavy (non-hydrogen) atoms. The highest BCUT2D eigenvalue weighted by atomic mass is 16.7. The molecule has 0 bridgehead atoms. The molecule has 11 nitrogen and oxygen atoms in total. The van der Waals surface area contributed by atoms with Crippen molar-refractivity contribution in [1.29, 1.82) is 0 Å². The highest BCUT2D eigenvalue weighted by molar-refractivity contribution is 5.80. The second-order valence-electron chi connectivity index (χ2n) is 21.8. The van der Waals surface area contributed by atoms with Crippen LogP contribution >= 0.6 is 0 Å². The van der Waals surface area contributed by atoms with Crippen molar-refractivity contribution in [2.24, 2.45) is 0 Å². The van der Waals surface area contributed by atoms with E-state index in [9.17, 15) is 35.1 Å². The first kappa shape index (κ1) is 74.3. The Morgan fingerprint density at radius 3 is 1.49 bits per heavy atom. The molecule has 1 fully saturated rings. The molecule has 8 unspecified atom stereocenters. The minimum absolute atomic E-state index is 0.0957. The number of esters is 1. The van der Waals surface area contributed by atoms with Gasteiger partial charge in [0.25, 0.3) is 0 Å². The molecular weight excluding hydrogens is 1000 g/mol. The number of aliphatic hydroxyl groups excluding tert-OH is 5. The van der Waals surface area contributed by atoms with Gasteiger partial charge in [0.05, 0.1) is 25.4 Å². The lowest BCUT2D eigenvalue weighted by molar-refractivity contribution is -0.305. The Bertz CT molecular complexity index is 1710. The van der Waals surface area contributed by atoms with Crippen LogP contribution in [0.5, 0.6) is 0 Å². The first-order valence-corrected chi connectivity index (χ1v) is 32.2. The van der Waals surface area contributed by atoms with Crippen molar-refractivity contribution in [2.75, 3.05) is 13.2 Å². The first-order valence-electron chi connectivity index (χ1n) is 32.2. The smallest absolute Gasteiger partial charge is 0.306 e. The number of carbonyl (C=O) groups excluding carboxylic acids is 2. The van der Waals surface area contributed by atoms with Crippen molar-refractivity contribution < 1.29 is 49.3 Å². The molecule has 0 spiro atoms. The molecule has 0 radical (unpaired) electrons. The van der Waals surface area contributed by atoms with E-state index in [1.165, 1.54) is 89.9 Å². The summed E-state index contributed by atoms with van der Waals surface area (Å²) < 4.78 is 17.6. The number of nitrogens with one attached hydrogen (secondary N) is 1. The predicted molar refractivity (Wildman–Crippen MR) is 333 cm³/mol. The van der Waals surface area contributed by atoms with Crippen LogP contribution in [0, 0.1) is 0 Å². The summed E-state index contributed by atoms with van der Waals surface area (Å²) in [5, 5.41) is 57.0. The molecule has 11 heteroatoms. The van der Waals surface area contributed by atoms with Gasteiger partial charge in [-0.1, -0.05) is 265 Å². The van der Waals surface area contributed by atoms with Crippen LogP contribution in [-0.4, -0.2) is 99.6 Å². The largest absolute Gasteiger partial charge is 0.454 e. The number of hydrogen-bond donors (Lipinski definition) is 6. The molecule has 1 saturated heterocycles. The van der Waals surface area contributed by atoms with Crippen molar-refractivity contribution in [1.82, 2.24) is 5.32 Å². The summed E-state index contributed by atoms with van der Waals surface area (Å²) in [4.78, 5) is 26.5. The summed E-state index contributed by atoms with van der Waals surface area (Å²) >= 11 is 0. The third-order valence-corrected chi connectivity index (χ3v) is 14.5. The highest BCUT2D eigenvalue weighted by Gasteiger charge is 2.47. The summed E-state index contributed by atoms with van der Waals surface area (Å²) in [6, 6.07) is -1.04. The molecule has 1 amide bonds. The maximum atomic E-state index is 13.4. The maximum absolute atomic E-state index is 13.4. The Hall–Kier alpha value is -3.68. The van der Waals surface area contributed by atoms with Crippen molar-refractivity contribution in [2.45, 2.75) is 301 Å². The van der Waals surface area contributed by atoms with Gasteiger partial charge in [-0.05, 0) is 89.9 Å². The standard InChI is InChI=1S/C69H117NO10/c1-4-7-10-13-16-19-22-25-26-27-28-29-30-31-32-33-34-35-36-37-39-41-44-47-50-53-56-62(73)68(77)70-60(61(72)55-52-49-46-43-40-24-21-18-15-12-9-6-3)59-78-69-67(66(76)65(75)63(58-71)79-69)80-64(74)57-54-51-48-45-42-38-23-20-17-14-11-8-5-2/h7-8,10-11,14,16-17,19-20,23,25-26,28-29,31-32,52,55,60-63,65-67,69,71-73,75-76H,4-6,9,12-13,15,18,21-22,24,27,30,33-51,53-54,56-59H2,1-3H3,(H,70,77)/b10-7-,11-8+,17-14+,19-16-,23-20-,26-25-,29-28-,32-31-,55-52+.